The highest BCUT2D eigenvalue weighted by molar-refractivity contribution is 9.10. The molecule has 0 radical (unpaired) electrons. The highest BCUT2D eigenvalue weighted by Crippen LogP contribution is 2.50. The molecule has 0 atom stereocenters. The van der Waals surface area contributed by atoms with Gasteiger partial charge in [-0.05, 0) is 49.6 Å². The first-order valence-electron chi connectivity index (χ1n) is 14.7. The van der Waals surface area contributed by atoms with Crippen molar-refractivity contribution in [1.29, 1.82) is 10.7 Å². The summed E-state index contributed by atoms with van der Waals surface area (Å²) in [6.45, 7) is 10.5. The smallest absolute Gasteiger partial charge is 0.209 e. The van der Waals surface area contributed by atoms with Crippen molar-refractivity contribution in [2.45, 2.75) is 44.9 Å². The molecule has 7 heteroatoms. The van der Waals surface area contributed by atoms with Crippen LogP contribution in [-0.4, -0.2) is 67.7 Å². The number of allylic oxidation sites excluding steroid dienone is 7. The Kier molecular flexibility index (Phi) is 7.63. The number of carbonyl (C=O) groups is 1. The first-order chi connectivity index (χ1) is 20.1. The molecule has 0 aromatic heterocycles. The fourth-order valence-electron chi connectivity index (χ4n) is 6.73. The summed E-state index contributed by atoms with van der Waals surface area (Å²) in [5.74, 6) is 2.21. The Labute approximate surface area is 263 Å². The first-order valence-corrected chi connectivity index (χ1v) is 15.4. The van der Waals surface area contributed by atoms with Crippen molar-refractivity contribution in [3.8, 4) is 6.07 Å². The maximum atomic E-state index is 14.0. The van der Waals surface area contributed by atoms with Crippen molar-refractivity contribution < 1.29 is 13.9 Å². The van der Waals surface area contributed by atoms with Crippen molar-refractivity contribution >= 4 is 44.7 Å². The summed E-state index contributed by atoms with van der Waals surface area (Å²) in [6.07, 6.45) is 4.85. The van der Waals surface area contributed by atoms with E-state index < -0.39 is 0 Å². The zero-order chi connectivity index (χ0) is 31.5. The average Bonchev–Trinajstić information content (AvgIpc) is 3.27. The van der Waals surface area contributed by atoms with Crippen molar-refractivity contribution in [3.63, 3.8) is 0 Å². The lowest BCUT2D eigenvalue weighted by atomic mass is 9.73. The van der Waals surface area contributed by atoms with Gasteiger partial charge in [0.15, 0.2) is 11.5 Å². The fourth-order valence-corrected chi connectivity index (χ4v) is 7.09. The second kappa shape index (κ2) is 10.7. The van der Waals surface area contributed by atoms with Gasteiger partial charge in [-0.25, -0.2) is 0 Å². The lowest BCUT2D eigenvalue weighted by Crippen LogP contribution is -2.37. The van der Waals surface area contributed by atoms with Crippen LogP contribution in [0.2, 0.25) is 0 Å². The van der Waals surface area contributed by atoms with Crippen LogP contribution in [0, 0.1) is 16.7 Å². The van der Waals surface area contributed by atoms with Crippen molar-refractivity contribution in [1.82, 2.24) is 0 Å². The van der Waals surface area contributed by atoms with Gasteiger partial charge in [-0.15, -0.1) is 0 Å². The van der Waals surface area contributed by atoms with E-state index in [0.717, 1.165) is 51.2 Å². The Morgan fingerprint density at radius 1 is 1.07 bits per heavy atom. The van der Waals surface area contributed by atoms with Crippen LogP contribution >= 0.6 is 15.9 Å². The lowest BCUT2D eigenvalue weighted by molar-refractivity contribution is -0.870. The topological polar surface area (TPSA) is 71.0 Å². The number of para-hydroxylation sites is 1. The number of anilines is 1. The van der Waals surface area contributed by atoms with Crippen LogP contribution in [0.5, 0.6) is 0 Å². The number of nitriles is 1. The molecule has 3 aliphatic rings. The summed E-state index contributed by atoms with van der Waals surface area (Å²) in [6, 6.07) is 16.8. The Morgan fingerprint density at radius 2 is 1.77 bits per heavy atom. The molecule has 0 bridgehead atoms. The van der Waals surface area contributed by atoms with Crippen LogP contribution in [0.25, 0.3) is 0 Å². The maximum absolute atomic E-state index is 14.0. The van der Waals surface area contributed by atoms with E-state index in [0.29, 0.717) is 16.7 Å². The van der Waals surface area contributed by atoms with Crippen LogP contribution in [0.15, 0.2) is 87.1 Å². The summed E-state index contributed by atoms with van der Waals surface area (Å²) in [4.78, 5) is 16.4. The van der Waals surface area contributed by atoms with E-state index in [9.17, 15) is 10.1 Å². The lowest BCUT2D eigenvalue weighted by Gasteiger charge is -2.31. The quantitative estimate of drug-likeness (QED) is 0.120. The number of Topliss-reactive ketones (excluding diaryl/α,β-unsaturated/α-hetero) is 1. The Balaban J connectivity index is 1.66. The van der Waals surface area contributed by atoms with Gasteiger partial charge in [-0.2, -0.15) is 9.84 Å². The molecule has 0 unspecified atom stereocenters. The molecule has 0 fully saturated rings. The van der Waals surface area contributed by atoms with Crippen LogP contribution in [-0.2, 0) is 15.6 Å². The van der Waals surface area contributed by atoms with Gasteiger partial charge < -0.3 is 9.38 Å². The van der Waals surface area contributed by atoms with Crippen molar-refractivity contribution in [3.05, 3.63) is 98.2 Å². The van der Waals surface area contributed by atoms with E-state index >= 15 is 0 Å². The SMILES string of the molecule is C[N+]1=C(/C=C2\C(=O)C(/C=C3/N(CCC[N+](C)(C)C)c4ccc(Br)cc4C3(C)C)=C2C(=C=N)C#N)C(C)(C)c2ccccc21. The minimum atomic E-state index is -0.376. The van der Waals surface area contributed by atoms with Crippen LogP contribution in [0.1, 0.15) is 45.2 Å². The number of nitrogens with one attached hydrogen (secondary N) is 1. The molecular formula is C36H40BrN5O+2. The zero-order valence-corrected chi connectivity index (χ0v) is 28.0. The molecule has 5 rings (SSSR count). The van der Waals surface area contributed by atoms with Crippen molar-refractivity contribution in [2.24, 2.45) is 0 Å². The van der Waals surface area contributed by atoms with Crippen LogP contribution in [0.3, 0.4) is 0 Å². The van der Waals surface area contributed by atoms with Gasteiger partial charge >= 0.3 is 0 Å². The normalized spacial score (nSPS) is 20.3. The zero-order valence-electron chi connectivity index (χ0n) is 26.4. The minimum Gasteiger partial charge on any atom is -0.344 e. The standard InChI is InChI=1S/C36H40BrN5O/c1-35(2)27-12-9-10-13-29(27)40(5)31(35)19-25-33(23(21-38)22-39)26(34(25)43)20-32-36(3,4)28-18-24(37)14-15-30(28)41(32)16-11-17-42(6,7)8/h9-10,12-15,18-20,38H,11,16-17H2,1-8H3/q+2. The molecule has 0 amide bonds. The predicted octanol–water partition coefficient (Wildman–Crippen LogP) is 6.74. The number of fused-ring (bicyclic) bond motifs is 2. The summed E-state index contributed by atoms with van der Waals surface area (Å²) < 4.78 is 4.00. The predicted molar refractivity (Wildman–Crippen MR) is 177 cm³/mol. The second-order valence-corrected chi connectivity index (χ2v) is 14.6. The molecule has 1 aliphatic carbocycles. The largest absolute Gasteiger partial charge is 0.344 e. The molecule has 0 saturated carbocycles. The fraction of sp³-hybridized carbons (Fsp3) is 0.361. The van der Waals surface area contributed by atoms with Crippen LogP contribution in [0.4, 0.5) is 11.4 Å². The number of quaternary nitrogens is 1. The molecule has 1 N–H and O–H groups in total. The molecule has 0 spiro atoms. The summed E-state index contributed by atoms with van der Waals surface area (Å²) >= 11 is 3.66. The van der Waals surface area contributed by atoms with Gasteiger partial charge in [-0.3, -0.25) is 10.2 Å². The number of benzene rings is 2. The monoisotopic (exact) mass is 637 g/mol. The number of hydrogen-bond donors (Lipinski definition) is 1. The van der Waals surface area contributed by atoms with Crippen LogP contribution < -0.4 is 4.90 Å². The number of nitrogens with zero attached hydrogens (tertiary/aromatic N) is 4. The Bertz CT molecular complexity index is 1780. The van der Waals surface area contributed by atoms with E-state index in [1.54, 1.807) is 0 Å². The molecule has 2 aliphatic heterocycles. The summed E-state index contributed by atoms with van der Waals surface area (Å²) in [5.41, 5.74) is 7.39. The van der Waals surface area contributed by atoms with Gasteiger partial charge in [0.2, 0.25) is 5.69 Å². The molecule has 2 aromatic rings. The number of carbonyl (C=O) groups excluding carboxylic acids is 1. The van der Waals surface area contributed by atoms with Gasteiger partial charge in [0.1, 0.15) is 18.7 Å². The maximum Gasteiger partial charge on any atom is 0.209 e. The Hall–Kier alpha value is -3.82. The van der Waals surface area contributed by atoms with E-state index in [2.05, 4.69) is 117 Å². The first kappa shape index (κ1) is 30.6. The third kappa shape index (κ3) is 5.08. The third-order valence-electron chi connectivity index (χ3n) is 9.08. The molecule has 6 nitrogen and oxygen atoms in total. The van der Waals surface area contributed by atoms with Gasteiger partial charge in [0.25, 0.3) is 0 Å². The minimum absolute atomic E-state index is 0.0712. The number of rotatable bonds is 7. The Morgan fingerprint density at radius 3 is 2.40 bits per heavy atom. The number of ketones is 1. The third-order valence-corrected chi connectivity index (χ3v) is 9.58. The van der Waals surface area contributed by atoms with E-state index in [-0.39, 0.29) is 22.2 Å². The molecule has 220 valence electrons. The van der Waals surface area contributed by atoms with Gasteiger partial charge in [0, 0.05) is 68.7 Å². The second-order valence-electron chi connectivity index (χ2n) is 13.7. The van der Waals surface area contributed by atoms with Gasteiger partial charge in [0.05, 0.1) is 33.1 Å². The summed E-state index contributed by atoms with van der Waals surface area (Å²) in [5, 5.41) is 17.9. The molecule has 0 saturated heterocycles. The highest BCUT2D eigenvalue weighted by Gasteiger charge is 2.46. The molecular weight excluding hydrogens is 598 g/mol. The van der Waals surface area contributed by atoms with E-state index in [1.165, 1.54) is 11.1 Å². The average molecular weight is 639 g/mol. The number of hydrogen-bond acceptors (Lipinski definition) is 4. The highest BCUT2D eigenvalue weighted by atomic mass is 79.9. The summed E-state index contributed by atoms with van der Waals surface area (Å²) in [7, 11) is 8.60. The molecule has 2 aromatic carbocycles. The molecule has 2 heterocycles. The van der Waals surface area contributed by atoms with Crippen molar-refractivity contribution in [2.75, 3.05) is 46.2 Å². The van der Waals surface area contributed by atoms with E-state index in [4.69, 9.17) is 5.41 Å². The molecule has 43 heavy (non-hydrogen) atoms. The van der Waals surface area contributed by atoms with Gasteiger partial charge in [-0.1, -0.05) is 48.0 Å². The van der Waals surface area contributed by atoms with E-state index in [1.807, 2.05) is 31.3 Å². The number of halogens is 1.